The lowest BCUT2D eigenvalue weighted by Gasteiger charge is -2.45. The summed E-state index contributed by atoms with van der Waals surface area (Å²) in [5, 5.41) is 0. The van der Waals surface area contributed by atoms with E-state index in [1.165, 1.54) is 0 Å². The third-order valence-electron chi connectivity index (χ3n) is 7.39. The minimum atomic E-state index is -2.18. The van der Waals surface area contributed by atoms with Gasteiger partial charge in [-0.25, -0.2) is 0 Å². The van der Waals surface area contributed by atoms with Gasteiger partial charge in [-0.3, -0.25) is 9.59 Å². The van der Waals surface area contributed by atoms with Crippen LogP contribution in [0.3, 0.4) is 0 Å². The third kappa shape index (κ3) is 4.24. The molecule has 1 saturated carbocycles. The Hall–Kier alpha value is -1.56. The smallest absolute Gasteiger partial charge is 0.324 e. The quantitative estimate of drug-likeness (QED) is 0.182. The largest absolute Gasteiger partial charge is 0.545 e. The van der Waals surface area contributed by atoms with Gasteiger partial charge in [0.25, 0.3) is 8.32 Å². The fourth-order valence-electron chi connectivity index (χ4n) is 6.23. The second-order valence-corrected chi connectivity index (χ2v) is 15.3. The molecule has 0 aromatic carbocycles. The highest BCUT2D eigenvalue weighted by Crippen LogP contribution is 2.58. The van der Waals surface area contributed by atoms with Crippen molar-refractivity contribution in [2.24, 2.45) is 17.3 Å². The van der Waals surface area contributed by atoms with Gasteiger partial charge in [-0.2, -0.15) is 0 Å². The molecule has 2 atom stereocenters. The highest BCUT2D eigenvalue weighted by molar-refractivity contribution is 6.77. The normalized spacial score (nSPS) is 23.1. The molecule has 0 amide bonds. The van der Waals surface area contributed by atoms with E-state index in [2.05, 4.69) is 54.2 Å². The summed E-state index contributed by atoms with van der Waals surface area (Å²) < 4.78 is 17.9. The van der Waals surface area contributed by atoms with Crippen LogP contribution in [0.1, 0.15) is 74.7 Å². The van der Waals surface area contributed by atoms with Gasteiger partial charge in [0.2, 0.25) is 0 Å². The molecule has 0 unspecified atom stereocenters. The fourth-order valence-corrected chi connectivity index (χ4v) is 11.6. The van der Waals surface area contributed by atoms with Crippen molar-refractivity contribution >= 4 is 20.3 Å². The molecule has 0 heterocycles. The molecule has 2 rings (SSSR count). The van der Waals surface area contributed by atoms with Gasteiger partial charge in [-0.15, -0.1) is 0 Å². The molecule has 0 aromatic rings. The van der Waals surface area contributed by atoms with Crippen molar-refractivity contribution in [1.29, 1.82) is 0 Å². The van der Waals surface area contributed by atoms with Crippen LogP contribution in [-0.4, -0.2) is 33.5 Å². The van der Waals surface area contributed by atoms with Crippen molar-refractivity contribution in [1.82, 2.24) is 0 Å². The van der Waals surface area contributed by atoms with Crippen molar-refractivity contribution in [2.45, 2.75) is 91.3 Å². The highest BCUT2D eigenvalue weighted by atomic mass is 28.4. The maximum absolute atomic E-state index is 13.2. The van der Waals surface area contributed by atoms with E-state index >= 15 is 0 Å². The van der Waals surface area contributed by atoms with Crippen LogP contribution < -0.4 is 0 Å². The molecular weight excluding hydrogens is 408 g/mol. The summed E-state index contributed by atoms with van der Waals surface area (Å²) in [7, 11) is -2.18. The Morgan fingerprint density at radius 3 is 1.94 bits per heavy atom. The fraction of sp³-hybridized carbons (Fsp3) is 0.760. The summed E-state index contributed by atoms with van der Waals surface area (Å²) in [5.41, 5.74) is 0.847. The SMILES string of the molecule is C=C1CC(C(=O)OCC)(C(=O)OCC)[C@@H]2CCC=C(O[Si](C(C)C)(C(C)C)C(C)C)[C@H]12. The second kappa shape index (κ2) is 9.93. The molecule has 6 heteroatoms. The number of rotatable bonds is 9. The summed E-state index contributed by atoms with van der Waals surface area (Å²) in [6, 6.07) is 0. The van der Waals surface area contributed by atoms with Gasteiger partial charge in [0.15, 0.2) is 5.41 Å². The molecule has 2 aliphatic carbocycles. The molecule has 2 aliphatic rings. The van der Waals surface area contributed by atoms with Crippen LogP contribution in [0, 0.1) is 17.3 Å². The first-order valence-corrected chi connectivity index (χ1v) is 14.1. The van der Waals surface area contributed by atoms with Crippen LogP contribution in [0.2, 0.25) is 16.6 Å². The maximum atomic E-state index is 13.2. The van der Waals surface area contributed by atoms with Crippen molar-refractivity contribution in [3.05, 3.63) is 24.0 Å². The Balaban J connectivity index is 2.52. The lowest BCUT2D eigenvalue weighted by atomic mass is 9.70. The van der Waals surface area contributed by atoms with Crippen LogP contribution in [0.25, 0.3) is 0 Å². The van der Waals surface area contributed by atoms with Crippen molar-refractivity contribution < 1.29 is 23.5 Å². The molecule has 0 radical (unpaired) electrons. The Kier molecular flexibility index (Phi) is 8.23. The van der Waals surface area contributed by atoms with Crippen LogP contribution >= 0.6 is 0 Å². The van der Waals surface area contributed by atoms with E-state index in [1.807, 2.05) is 0 Å². The molecule has 1 fully saturated rings. The standard InChI is InChI=1S/C25H42O5Si/c1-10-28-23(26)25(24(27)29-11-2)15-19(9)22-20(25)13-12-14-21(22)30-31(16(3)4,17(5)6)18(7)8/h14,16-18,20,22H,9-13,15H2,1-8H3/t20-,22-/m1/s1. The Bertz CT molecular complexity index is 682. The lowest BCUT2D eigenvalue weighted by molar-refractivity contribution is -0.176. The van der Waals surface area contributed by atoms with Gasteiger partial charge in [-0.05, 0) is 61.7 Å². The van der Waals surface area contributed by atoms with E-state index in [9.17, 15) is 9.59 Å². The summed E-state index contributed by atoms with van der Waals surface area (Å²) in [5.74, 6) is -0.437. The number of hydrogen-bond donors (Lipinski definition) is 0. The van der Waals surface area contributed by atoms with Gasteiger partial charge < -0.3 is 13.9 Å². The lowest BCUT2D eigenvalue weighted by Crippen LogP contribution is -2.50. The third-order valence-corrected chi connectivity index (χ3v) is 13.4. The van der Waals surface area contributed by atoms with E-state index in [-0.39, 0.29) is 31.5 Å². The monoisotopic (exact) mass is 450 g/mol. The van der Waals surface area contributed by atoms with E-state index in [0.717, 1.165) is 17.8 Å². The van der Waals surface area contributed by atoms with Gasteiger partial charge in [0.05, 0.1) is 19.0 Å². The first-order valence-electron chi connectivity index (χ1n) is 11.9. The van der Waals surface area contributed by atoms with E-state index in [0.29, 0.717) is 23.0 Å². The highest BCUT2D eigenvalue weighted by Gasteiger charge is 2.64. The molecule has 31 heavy (non-hydrogen) atoms. The van der Waals surface area contributed by atoms with E-state index in [4.69, 9.17) is 13.9 Å². The number of fused-ring (bicyclic) bond motifs is 1. The van der Waals surface area contributed by atoms with E-state index < -0.39 is 25.7 Å². The van der Waals surface area contributed by atoms with Crippen molar-refractivity contribution in [3.8, 4) is 0 Å². The van der Waals surface area contributed by atoms with E-state index in [1.54, 1.807) is 13.8 Å². The zero-order valence-electron chi connectivity index (χ0n) is 20.7. The zero-order valence-corrected chi connectivity index (χ0v) is 21.7. The maximum Gasteiger partial charge on any atom is 0.324 e. The second-order valence-electron chi connectivity index (χ2n) is 9.94. The van der Waals surface area contributed by atoms with Gasteiger partial charge in [0.1, 0.15) is 0 Å². The summed E-state index contributed by atoms with van der Waals surface area (Å²) in [6.45, 7) is 21.9. The molecule has 0 saturated heterocycles. The number of hydrogen-bond acceptors (Lipinski definition) is 5. The van der Waals surface area contributed by atoms with Gasteiger partial charge in [-0.1, -0.05) is 53.7 Å². The van der Waals surface area contributed by atoms with Crippen LogP contribution in [0.4, 0.5) is 0 Å². The van der Waals surface area contributed by atoms with Crippen molar-refractivity contribution in [3.63, 3.8) is 0 Å². The molecular formula is C25H42O5Si. The molecule has 0 N–H and O–H groups in total. The molecule has 176 valence electrons. The number of ether oxygens (including phenoxy) is 2. The molecule has 5 nitrogen and oxygen atoms in total. The number of carbonyl (C=O) groups excluding carboxylic acids is 2. The topological polar surface area (TPSA) is 61.8 Å². The average Bonchev–Trinajstić information content (AvgIpc) is 3.00. The minimum absolute atomic E-state index is 0.148. The first-order chi connectivity index (χ1) is 14.5. The number of carbonyl (C=O) groups is 2. The first kappa shape index (κ1) is 25.7. The average molecular weight is 451 g/mol. The summed E-state index contributed by atoms with van der Waals surface area (Å²) in [4.78, 5) is 26.4. The summed E-state index contributed by atoms with van der Waals surface area (Å²) in [6.07, 6.45) is 3.92. The van der Waals surface area contributed by atoms with Crippen LogP contribution in [-0.2, 0) is 23.5 Å². The number of allylic oxidation sites excluding steroid dienone is 2. The predicted molar refractivity (Wildman–Crippen MR) is 126 cm³/mol. The Morgan fingerprint density at radius 1 is 1.03 bits per heavy atom. The summed E-state index contributed by atoms with van der Waals surface area (Å²) >= 11 is 0. The van der Waals surface area contributed by atoms with Crippen LogP contribution in [0.5, 0.6) is 0 Å². The molecule has 0 bridgehead atoms. The predicted octanol–water partition coefficient (Wildman–Crippen LogP) is 6.16. The van der Waals surface area contributed by atoms with Crippen LogP contribution in [0.15, 0.2) is 24.0 Å². The minimum Gasteiger partial charge on any atom is -0.545 e. The zero-order chi connectivity index (χ0) is 23.6. The number of esters is 2. The Labute approximate surface area is 189 Å². The van der Waals surface area contributed by atoms with Gasteiger partial charge >= 0.3 is 11.9 Å². The molecule has 0 aliphatic heterocycles. The molecule has 0 spiro atoms. The molecule has 0 aromatic heterocycles. The van der Waals surface area contributed by atoms with Crippen molar-refractivity contribution in [2.75, 3.05) is 13.2 Å². The Morgan fingerprint density at radius 2 is 1.52 bits per heavy atom. The van der Waals surface area contributed by atoms with Gasteiger partial charge in [0, 0.05) is 5.92 Å².